The molecule has 0 bridgehead atoms. The van der Waals surface area contributed by atoms with Crippen LogP contribution in [0.25, 0.3) is 0 Å². The largest absolute Gasteiger partial charge is 2.00 e. The summed E-state index contributed by atoms with van der Waals surface area (Å²) in [4.78, 5) is 40.2. The SMILES string of the molecule is CC(N[C@@H]1CCCC[C@H]1N)C(=O)[O-].CC(N[C@@H]1CCCC[C@H]1N)C(=O)[O-].O=C([O-])[C@@H](O)[C@H](O)C(=O)[O-].[Pt+2].[Pt+2]. The van der Waals surface area contributed by atoms with Gasteiger partial charge >= 0.3 is 42.1 Å². The van der Waals surface area contributed by atoms with E-state index in [2.05, 4.69) is 10.6 Å². The molecule has 2 aliphatic carbocycles. The van der Waals surface area contributed by atoms with Gasteiger partial charge in [0.2, 0.25) is 0 Å². The van der Waals surface area contributed by atoms with E-state index in [9.17, 15) is 39.6 Å². The fraction of sp³-hybridized carbons (Fsp3) is 0.818. The van der Waals surface area contributed by atoms with Crippen molar-refractivity contribution in [1.29, 1.82) is 0 Å². The molecule has 16 heteroatoms. The molecule has 226 valence electrons. The van der Waals surface area contributed by atoms with Crippen molar-refractivity contribution in [1.82, 2.24) is 10.6 Å². The molecule has 14 nitrogen and oxygen atoms in total. The third-order valence-corrected chi connectivity index (χ3v) is 6.06. The zero-order valence-corrected chi connectivity index (χ0v) is 25.8. The average Bonchev–Trinajstić information content (AvgIpc) is 2.81. The maximum absolute atomic E-state index is 10.5. The van der Waals surface area contributed by atoms with Crippen LogP contribution in [-0.2, 0) is 61.3 Å². The van der Waals surface area contributed by atoms with Gasteiger partial charge in [0.05, 0.1) is 23.9 Å². The normalized spacial score (nSPS) is 25.5. The summed E-state index contributed by atoms with van der Waals surface area (Å²) in [6.45, 7) is 3.19. The van der Waals surface area contributed by atoms with Gasteiger partial charge in [-0.2, -0.15) is 0 Å². The number of nitrogens with one attached hydrogen (secondary N) is 2. The zero-order chi connectivity index (χ0) is 28.0. The second-order valence-electron chi connectivity index (χ2n) is 9.05. The molecule has 2 saturated carbocycles. The Morgan fingerprint density at radius 3 is 1.11 bits per heavy atom. The van der Waals surface area contributed by atoms with Gasteiger partial charge in [0.15, 0.2) is 0 Å². The monoisotopic (exact) mass is 908 g/mol. The van der Waals surface area contributed by atoms with Crippen LogP contribution < -0.4 is 42.5 Å². The van der Waals surface area contributed by atoms with Gasteiger partial charge < -0.3 is 71.9 Å². The Balaban J connectivity index is -0.000000476. The number of aliphatic carboxylic acids is 4. The molecule has 2 aliphatic rings. The Hall–Kier alpha value is -0.983. The molecule has 0 saturated heterocycles. The van der Waals surface area contributed by atoms with E-state index in [0.717, 1.165) is 51.4 Å². The fourth-order valence-corrected chi connectivity index (χ4v) is 3.77. The quantitative estimate of drug-likeness (QED) is 0.126. The van der Waals surface area contributed by atoms with Crippen molar-refractivity contribution in [3.05, 3.63) is 0 Å². The van der Waals surface area contributed by atoms with Gasteiger partial charge in [0.1, 0.15) is 12.2 Å². The molecule has 2 unspecified atom stereocenters. The van der Waals surface area contributed by atoms with Crippen molar-refractivity contribution in [2.45, 2.75) is 114 Å². The van der Waals surface area contributed by atoms with Crippen molar-refractivity contribution >= 4 is 23.9 Å². The van der Waals surface area contributed by atoms with Crippen molar-refractivity contribution < 1.29 is 91.9 Å². The Kier molecular flexibility index (Phi) is 23.8. The predicted octanol–water partition coefficient (Wildman–Crippen LogP) is -6.83. The Morgan fingerprint density at radius 2 is 0.895 bits per heavy atom. The van der Waals surface area contributed by atoms with Crippen molar-refractivity contribution in [3.8, 4) is 0 Å². The number of aliphatic hydroxyl groups is 2. The summed E-state index contributed by atoms with van der Waals surface area (Å²) in [5.74, 6) is -6.23. The van der Waals surface area contributed by atoms with Crippen LogP contribution in [-0.4, -0.2) is 82.5 Å². The number of carbonyl (C=O) groups excluding carboxylic acids is 4. The summed E-state index contributed by atoms with van der Waals surface area (Å²) in [7, 11) is 0. The maximum Gasteiger partial charge on any atom is 2.00 e. The first-order chi connectivity index (χ1) is 16.7. The molecule has 2 rings (SSSR count). The molecule has 2 fully saturated rings. The van der Waals surface area contributed by atoms with E-state index < -0.39 is 48.2 Å². The molecule has 38 heavy (non-hydrogen) atoms. The van der Waals surface area contributed by atoms with Gasteiger partial charge in [-0.1, -0.05) is 25.7 Å². The van der Waals surface area contributed by atoms with E-state index >= 15 is 0 Å². The summed E-state index contributed by atoms with van der Waals surface area (Å²) in [5.41, 5.74) is 11.7. The Morgan fingerprint density at radius 1 is 0.632 bits per heavy atom. The molecule has 0 aromatic heterocycles. The van der Waals surface area contributed by atoms with Gasteiger partial charge in [-0.15, -0.1) is 0 Å². The summed E-state index contributed by atoms with van der Waals surface area (Å²) in [5, 5.41) is 62.6. The second-order valence-corrected chi connectivity index (χ2v) is 9.05. The molecular formula is C22H38N4O10Pt2. The number of carboxylic acids is 4. The topological polar surface area (TPSA) is 277 Å². The predicted molar refractivity (Wildman–Crippen MR) is 118 cm³/mol. The first-order valence-electron chi connectivity index (χ1n) is 11.9. The molecule has 0 aromatic rings. The Labute approximate surface area is 250 Å². The van der Waals surface area contributed by atoms with E-state index in [-0.39, 0.29) is 66.3 Å². The average molecular weight is 909 g/mol. The molecule has 0 heterocycles. The molecule has 0 aliphatic heterocycles. The third-order valence-electron chi connectivity index (χ3n) is 6.06. The summed E-state index contributed by atoms with van der Waals surface area (Å²) in [6, 6.07) is -0.738. The third kappa shape index (κ3) is 16.9. The number of aliphatic hydroxyl groups excluding tert-OH is 2. The van der Waals surface area contributed by atoms with Crippen LogP contribution in [0.15, 0.2) is 0 Å². The van der Waals surface area contributed by atoms with Crippen molar-refractivity contribution in [3.63, 3.8) is 0 Å². The van der Waals surface area contributed by atoms with Crippen molar-refractivity contribution in [2.75, 3.05) is 0 Å². The van der Waals surface area contributed by atoms with Gasteiger partial charge in [-0.05, 0) is 39.5 Å². The number of rotatable bonds is 9. The first kappa shape index (κ1) is 41.5. The standard InChI is InChI=1S/2C9H18N2O2.C4H6O6.2Pt/c2*1-6(9(12)13)11-8-5-3-2-4-7(8)10;5-1(3(7)8)2(6)4(9)10;;/h2*6-8,11H,2-5,10H2,1H3,(H,12,13);1-2,5-6H,(H,7,8)(H,9,10);;/q;;;2*+2/p-4/t2*6?,7-,8-;1-,2-;;/m110../s1. The number of hydrogen-bond acceptors (Lipinski definition) is 14. The molecule has 0 spiro atoms. The number of carbonyl (C=O) groups is 4. The van der Waals surface area contributed by atoms with Crippen LogP contribution in [0.5, 0.6) is 0 Å². The van der Waals surface area contributed by atoms with E-state index in [1.165, 1.54) is 0 Å². The van der Waals surface area contributed by atoms with Crippen LogP contribution in [0.1, 0.15) is 65.2 Å². The van der Waals surface area contributed by atoms with E-state index in [1.807, 2.05) is 0 Å². The Bertz CT molecular complexity index is 664. The first-order valence-corrected chi connectivity index (χ1v) is 11.9. The zero-order valence-electron chi connectivity index (χ0n) is 21.2. The summed E-state index contributed by atoms with van der Waals surface area (Å²) < 4.78 is 0. The molecule has 0 amide bonds. The second kappa shape index (κ2) is 21.8. The number of nitrogens with two attached hydrogens (primary N) is 2. The van der Waals surface area contributed by atoms with Crippen LogP contribution >= 0.6 is 0 Å². The minimum absolute atomic E-state index is 0. The molecule has 8 atom stereocenters. The molecular weight excluding hydrogens is 870 g/mol. The number of carboxylic acid groups (broad SMARTS) is 4. The van der Waals surface area contributed by atoms with Crippen LogP contribution in [0.3, 0.4) is 0 Å². The van der Waals surface area contributed by atoms with Gasteiger partial charge in [-0.3, -0.25) is 0 Å². The molecule has 0 radical (unpaired) electrons. The van der Waals surface area contributed by atoms with E-state index in [1.54, 1.807) is 13.8 Å². The van der Waals surface area contributed by atoms with Gasteiger partial charge in [0, 0.05) is 36.3 Å². The van der Waals surface area contributed by atoms with Gasteiger partial charge in [-0.25, -0.2) is 0 Å². The fourth-order valence-electron chi connectivity index (χ4n) is 3.77. The van der Waals surface area contributed by atoms with E-state index in [0.29, 0.717) is 0 Å². The molecule has 8 N–H and O–H groups in total. The molecule has 0 aromatic carbocycles. The van der Waals surface area contributed by atoms with Gasteiger partial charge in [0.25, 0.3) is 0 Å². The summed E-state index contributed by atoms with van der Waals surface area (Å²) in [6.07, 6.45) is 3.59. The van der Waals surface area contributed by atoms with Crippen LogP contribution in [0.4, 0.5) is 0 Å². The smallest absolute Gasteiger partial charge is 0.548 e. The maximum atomic E-state index is 10.5. The summed E-state index contributed by atoms with van der Waals surface area (Å²) >= 11 is 0. The van der Waals surface area contributed by atoms with Crippen LogP contribution in [0.2, 0.25) is 0 Å². The minimum atomic E-state index is -2.44. The minimum Gasteiger partial charge on any atom is -0.548 e. The van der Waals surface area contributed by atoms with E-state index in [4.69, 9.17) is 21.7 Å². The van der Waals surface area contributed by atoms with Crippen LogP contribution in [0, 0.1) is 0 Å². The number of hydrogen-bond donors (Lipinski definition) is 6. The van der Waals surface area contributed by atoms with Crippen molar-refractivity contribution in [2.24, 2.45) is 11.5 Å².